The molecular formula is C40H20F9N3. The van der Waals surface area contributed by atoms with Crippen LogP contribution in [0.3, 0.4) is 0 Å². The number of para-hydroxylation sites is 2. The van der Waals surface area contributed by atoms with Gasteiger partial charge in [0, 0.05) is 21.5 Å². The third-order valence-corrected chi connectivity index (χ3v) is 9.21. The van der Waals surface area contributed by atoms with Crippen LogP contribution in [-0.4, -0.2) is 9.13 Å². The molecule has 0 aliphatic heterocycles. The Hall–Kier alpha value is -6.22. The van der Waals surface area contributed by atoms with Gasteiger partial charge in [0.25, 0.3) is 0 Å². The van der Waals surface area contributed by atoms with Gasteiger partial charge >= 0.3 is 18.5 Å². The Morgan fingerprint density at radius 2 is 0.827 bits per heavy atom. The molecule has 52 heavy (non-hydrogen) atoms. The lowest BCUT2D eigenvalue weighted by Gasteiger charge is -2.19. The molecule has 0 radical (unpaired) electrons. The molecule has 12 heteroatoms. The Labute approximate surface area is 288 Å². The van der Waals surface area contributed by atoms with Gasteiger partial charge in [-0.05, 0) is 83.9 Å². The molecule has 0 aliphatic carbocycles. The number of fused-ring (bicyclic) bond motifs is 6. The molecule has 2 heterocycles. The van der Waals surface area contributed by atoms with E-state index in [0.29, 0.717) is 21.8 Å². The van der Waals surface area contributed by atoms with Crippen LogP contribution in [0.4, 0.5) is 39.5 Å². The third kappa shape index (κ3) is 5.23. The zero-order valence-electron chi connectivity index (χ0n) is 26.3. The van der Waals surface area contributed by atoms with Gasteiger partial charge in [0.2, 0.25) is 0 Å². The highest BCUT2D eigenvalue weighted by atomic mass is 19.4. The summed E-state index contributed by atoms with van der Waals surface area (Å²) in [6.07, 6.45) is -14.0. The molecule has 6 aromatic carbocycles. The summed E-state index contributed by atoms with van der Waals surface area (Å²) in [5.74, 6) is 0. The molecule has 0 N–H and O–H groups in total. The van der Waals surface area contributed by atoms with Crippen LogP contribution in [0.25, 0.3) is 66.1 Å². The lowest BCUT2D eigenvalue weighted by atomic mass is 9.98. The zero-order valence-corrected chi connectivity index (χ0v) is 26.3. The summed E-state index contributed by atoms with van der Waals surface area (Å²) >= 11 is 0. The number of nitriles is 1. The second kappa shape index (κ2) is 11.4. The third-order valence-electron chi connectivity index (χ3n) is 9.21. The van der Waals surface area contributed by atoms with Crippen LogP contribution in [0.2, 0.25) is 0 Å². The van der Waals surface area contributed by atoms with Crippen LogP contribution >= 0.6 is 0 Å². The fourth-order valence-corrected chi connectivity index (χ4v) is 6.94. The van der Waals surface area contributed by atoms with Gasteiger partial charge in [0.15, 0.2) is 0 Å². The van der Waals surface area contributed by atoms with Gasteiger partial charge in [0.1, 0.15) is 11.6 Å². The van der Waals surface area contributed by atoms with Crippen LogP contribution in [0.15, 0.2) is 121 Å². The van der Waals surface area contributed by atoms with E-state index in [-0.39, 0.29) is 49.9 Å². The van der Waals surface area contributed by atoms with E-state index in [2.05, 4.69) is 6.07 Å². The molecule has 258 valence electrons. The minimum Gasteiger partial charge on any atom is -0.308 e. The van der Waals surface area contributed by atoms with Crippen molar-refractivity contribution in [3.8, 4) is 28.6 Å². The number of hydrogen-bond acceptors (Lipinski definition) is 1. The molecule has 2 aromatic heterocycles. The van der Waals surface area contributed by atoms with E-state index < -0.39 is 35.2 Å². The van der Waals surface area contributed by atoms with Gasteiger partial charge in [-0.3, -0.25) is 0 Å². The van der Waals surface area contributed by atoms with E-state index in [0.717, 1.165) is 36.4 Å². The highest BCUT2D eigenvalue weighted by Crippen LogP contribution is 2.43. The summed E-state index contributed by atoms with van der Waals surface area (Å²) in [4.78, 5) is 0. The van der Waals surface area contributed by atoms with E-state index in [4.69, 9.17) is 0 Å². The number of rotatable bonds is 3. The Morgan fingerprint density at radius 3 is 1.27 bits per heavy atom. The zero-order chi connectivity index (χ0) is 36.7. The van der Waals surface area contributed by atoms with Crippen molar-refractivity contribution in [1.29, 1.82) is 5.26 Å². The Kier molecular flexibility index (Phi) is 7.22. The maximum absolute atomic E-state index is 13.9. The maximum Gasteiger partial charge on any atom is 0.416 e. The quantitative estimate of drug-likeness (QED) is 0.168. The van der Waals surface area contributed by atoms with Crippen LogP contribution in [0.5, 0.6) is 0 Å². The first-order chi connectivity index (χ1) is 24.6. The molecule has 3 nitrogen and oxygen atoms in total. The van der Waals surface area contributed by atoms with Crippen LogP contribution in [0.1, 0.15) is 22.3 Å². The van der Waals surface area contributed by atoms with Crippen molar-refractivity contribution in [2.75, 3.05) is 0 Å². The fourth-order valence-electron chi connectivity index (χ4n) is 6.94. The van der Waals surface area contributed by atoms with Crippen molar-refractivity contribution >= 4 is 43.6 Å². The monoisotopic (exact) mass is 713 g/mol. The molecule has 8 aromatic rings. The largest absolute Gasteiger partial charge is 0.416 e. The van der Waals surface area contributed by atoms with Gasteiger partial charge in [-0.15, -0.1) is 0 Å². The Morgan fingerprint density at radius 1 is 0.404 bits per heavy atom. The van der Waals surface area contributed by atoms with E-state index >= 15 is 0 Å². The smallest absolute Gasteiger partial charge is 0.308 e. The predicted molar refractivity (Wildman–Crippen MR) is 180 cm³/mol. The molecule has 0 saturated carbocycles. The summed E-state index contributed by atoms with van der Waals surface area (Å²) in [6, 6.07) is 29.3. The normalized spacial score (nSPS) is 12.7. The number of benzene rings is 6. The van der Waals surface area contributed by atoms with Crippen molar-refractivity contribution in [3.05, 3.63) is 144 Å². The molecule has 0 bridgehead atoms. The number of alkyl halides is 9. The van der Waals surface area contributed by atoms with Gasteiger partial charge in [-0.25, -0.2) is 0 Å². The SMILES string of the molecule is N#Cc1c(-n2c3ccccc3c3cc(C(F)(F)F)ccc32)cc(-c2cccc(C(F)(F)F)c2)cc1-n1c2ccccc2c2cc(C(F)(F)F)ccc21. The number of halogens is 9. The van der Waals surface area contributed by atoms with E-state index in [9.17, 15) is 44.8 Å². The second-order valence-corrected chi connectivity index (χ2v) is 12.2. The molecule has 0 saturated heterocycles. The minimum atomic E-state index is -4.69. The summed E-state index contributed by atoms with van der Waals surface area (Å²) in [7, 11) is 0. The van der Waals surface area contributed by atoms with Crippen molar-refractivity contribution in [1.82, 2.24) is 9.13 Å². The van der Waals surface area contributed by atoms with Gasteiger partial charge in [0.05, 0.1) is 50.1 Å². The Balaban J connectivity index is 1.53. The topological polar surface area (TPSA) is 33.6 Å². The molecular weight excluding hydrogens is 693 g/mol. The van der Waals surface area contributed by atoms with Gasteiger partial charge in [-0.1, -0.05) is 48.5 Å². The van der Waals surface area contributed by atoms with E-state index in [1.165, 1.54) is 36.4 Å². The van der Waals surface area contributed by atoms with Crippen molar-refractivity contribution < 1.29 is 39.5 Å². The summed E-state index contributed by atoms with van der Waals surface area (Å²) in [5.41, 5.74) is -0.762. The lowest BCUT2D eigenvalue weighted by Crippen LogP contribution is -2.07. The molecule has 0 fully saturated rings. The highest BCUT2D eigenvalue weighted by Gasteiger charge is 2.34. The van der Waals surface area contributed by atoms with Gasteiger partial charge < -0.3 is 9.13 Å². The lowest BCUT2D eigenvalue weighted by molar-refractivity contribution is -0.138. The fraction of sp³-hybridized carbons (Fsp3) is 0.0750. The second-order valence-electron chi connectivity index (χ2n) is 12.2. The Bertz CT molecular complexity index is 2620. The van der Waals surface area contributed by atoms with Crippen LogP contribution < -0.4 is 0 Å². The standard InChI is InChI=1S/C40H20F9N3/c41-38(42,43)24-7-5-6-22(16-24)23-17-36(51-32-10-3-1-8-27(32)29-19-25(39(44,45)46)12-14-34(29)51)31(21-50)37(18-23)52-33-11-4-2-9-28(33)30-20-26(40(47,48)49)13-15-35(30)52/h1-20H. The first-order valence-corrected chi connectivity index (χ1v) is 15.6. The summed E-state index contributed by atoms with van der Waals surface area (Å²) in [6.45, 7) is 0. The maximum atomic E-state index is 13.9. The average molecular weight is 714 g/mol. The highest BCUT2D eigenvalue weighted by molar-refractivity contribution is 6.11. The van der Waals surface area contributed by atoms with Gasteiger partial charge in [-0.2, -0.15) is 44.8 Å². The predicted octanol–water partition coefficient (Wildman–Crippen LogP) is 12.5. The van der Waals surface area contributed by atoms with E-state index in [1.807, 2.05) is 0 Å². The van der Waals surface area contributed by atoms with E-state index in [1.54, 1.807) is 57.7 Å². The molecule has 0 atom stereocenters. The van der Waals surface area contributed by atoms with Crippen LogP contribution in [0, 0.1) is 11.3 Å². The molecule has 0 amide bonds. The first-order valence-electron chi connectivity index (χ1n) is 15.6. The molecule has 0 aliphatic rings. The average Bonchev–Trinajstić information content (AvgIpc) is 3.62. The molecule has 0 spiro atoms. The summed E-state index contributed by atoms with van der Waals surface area (Å²) < 4.78 is 128. The van der Waals surface area contributed by atoms with Crippen molar-refractivity contribution in [2.45, 2.75) is 18.5 Å². The minimum absolute atomic E-state index is 0.0270. The number of aromatic nitrogens is 2. The summed E-state index contributed by atoms with van der Waals surface area (Å²) in [5, 5.41) is 12.2. The molecule has 8 rings (SSSR count). The van der Waals surface area contributed by atoms with Crippen molar-refractivity contribution in [3.63, 3.8) is 0 Å². The number of nitrogens with zero attached hydrogens (tertiary/aromatic N) is 3. The number of hydrogen-bond donors (Lipinski definition) is 0. The van der Waals surface area contributed by atoms with Crippen molar-refractivity contribution in [2.24, 2.45) is 0 Å². The van der Waals surface area contributed by atoms with Crippen LogP contribution in [-0.2, 0) is 18.5 Å². The first kappa shape index (κ1) is 33.0. The molecule has 0 unspecified atom stereocenters.